The molecule has 3 heterocycles. The zero-order chi connectivity index (χ0) is 23.9. The van der Waals surface area contributed by atoms with Crippen molar-refractivity contribution in [2.45, 2.75) is 37.7 Å². The number of alkyl halides is 2. The Kier molecular flexibility index (Phi) is 6.27. The van der Waals surface area contributed by atoms with E-state index < -0.39 is 50.9 Å². The minimum absolute atomic E-state index is 0.0930. The van der Waals surface area contributed by atoms with E-state index in [1.165, 1.54) is 12.3 Å². The number of hydrogen-bond donors (Lipinski definition) is 1. The number of oxime groups is 1. The average Bonchev–Trinajstić information content (AvgIpc) is 3.36. The number of halogens is 5. The van der Waals surface area contributed by atoms with Crippen LogP contribution in [0.5, 0.6) is 0 Å². The molecular formula is C20H19F5N4O3S. The van der Waals surface area contributed by atoms with Crippen molar-refractivity contribution in [3.05, 3.63) is 53.1 Å². The topological polar surface area (TPSA) is 83.9 Å². The second kappa shape index (κ2) is 8.86. The highest BCUT2D eigenvalue weighted by Gasteiger charge is 2.36. The number of pyridine rings is 1. The number of nitrogens with zero attached hydrogens (tertiary/aromatic N) is 3. The quantitative estimate of drug-likeness (QED) is 0.649. The summed E-state index contributed by atoms with van der Waals surface area (Å²) in [5.74, 6) is -6.33. The molecule has 1 fully saturated rings. The van der Waals surface area contributed by atoms with Crippen molar-refractivity contribution in [3.8, 4) is 11.1 Å². The molecule has 1 N–H and O–H groups in total. The first-order chi connectivity index (χ1) is 15.5. The third kappa shape index (κ3) is 4.78. The molecule has 0 aliphatic carbocycles. The van der Waals surface area contributed by atoms with Crippen LogP contribution in [0.15, 0.2) is 29.6 Å². The number of amidine groups is 1. The lowest BCUT2D eigenvalue weighted by Gasteiger charge is -2.18. The first-order valence-corrected chi connectivity index (χ1v) is 11.5. The molecule has 1 aromatic carbocycles. The molecule has 178 valence electrons. The molecule has 2 aromatic rings. The molecule has 0 unspecified atom stereocenters. The Labute approximate surface area is 186 Å². The summed E-state index contributed by atoms with van der Waals surface area (Å²) in [4.78, 5) is 11.4. The number of aromatic nitrogens is 1. The number of nitrogens with one attached hydrogen (secondary N) is 1. The Morgan fingerprint density at radius 1 is 1.18 bits per heavy atom. The zero-order valence-electron chi connectivity index (χ0n) is 17.2. The molecule has 4 rings (SSSR count). The van der Waals surface area contributed by atoms with Crippen LogP contribution < -0.4 is 4.72 Å². The van der Waals surface area contributed by atoms with Crippen molar-refractivity contribution in [2.75, 3.05) is 13.1 Å². The maximum absolute atomic E-state index is 14.5. The molecule has 7 nitrogen and oxygen atoms in total. The van der Waals surface area contributed by atoms with Gasteiger partial charge in [0, 0.05) is 43.0 Å². The van der Waals surface area contributed by atoms with Gasteiger partial charge in [-0.25, -0.2) is 26.3 Å². The summed E-state index contributed by atoms with van der Waals surface area (Å²) >= 11 is 0. The number of likely N-dealkylation sites (tertiary alicyclic amines) is 1. The van der Waals surface area contributed by atoms with Crippen LogP contribution in [0.25, 0.3) is 11.1 Å². The lowest BCUT2D eigenvalue weighted by molar-refractivity contribution is 0.0828. The molecule has 0 radical (unpaired) electrons. The van der Waals surface area contributed by atoms with E-state index in [0.717, 1.165) is 0 Å². The SMILES string of the molecule is Cc1cnc([C@@H]2CC(N3CC[C@H](NS(=O)(=O)C(F)F)C3)=NO2)c(-c2c(F)cc(F)cc2F)c1. The van der Waals surface area contributed by atoms with E-state index in [9.17, 15) is 30.4 Å². The lowest BCUT2D eigenvalue weighted by atomic mass is 9.97. The van der Waals surface area contributed by atoms with Gasteiger partial charge in [0.15, 0.2) is 6.10 Å². The Hall–Kier alpha value is -2.80. The van der Waals surface area contributed by atoms with Crippen molar-refractivity contribution in [2.24, 2.45) is 5.16 Å². The van der Waals surface area contributed by atoms with Gasteiger partial charge < -0.3 is 9.74 Å². The third-order valence-corrected chi connectivity index (χ3v) is 6.54. The molecule has 0 saturated carbocycles. The Morgan fingerprint density at radius 3 is 2.55 bits per heavy atom. The van der Waals surface area contributed by atoms with E-state index in [-0.39, 0.29) is 30.6 Å². The molecule has 0 amide bonds. The summed E-state index contributed by atoms with van der Waals surface area (Å²) in [6, 6.07) is 1.94. The van der Waals surface area contributed by atoms with Gasteiger partial charge >= 0.3 is 5.76 Å². The molecule has 2 aliphatic rings. The third-order valence-electron chi connectivity index (χ3n) is 5.41. The molecule has 0 bridgehead atoms. The fourth-order valence-electron chi connectivity index (χ4n) is 3.91. The van der Waals surface area contributed by atoms with Crippen LogP contribution in [0.3, 0.4) is 0 Å². The largest absolute Gasteiger partial charge is 0.384 e. The van der Waals surface area contributed by atoms with Crippen LogP contribution in [-0.2, 0) is 14.9 Å². The maximum atomic E-state index is 14.5. The number of aryl methyl sites for hydroxylation is 1. The lowest BCUT2D eigenvalue weighted by Crippen LogP contribution is -2.40. The van der Waals surface area contributed by atoms with E-state index in [1.54, 1.807) is 11.8 Å². The number of benzene rings is 1. The van der Waals surface area contributed by atoms with Crippen molar-refractivity contribution in [1.29, 1.82) is 0 Å². The highest BCUT2D eigenvalue weighted by molar-refractivity contribution is 7.89. The van der Waals surface area contributed by atoms with Crippen molar-refractivity contribution in [1.82, 2.24) is 14.6 Å². The predicted molar refractivity (Wildman–Crippen MR) is 108 cm³/mol. The van der Waals surface area contributed by atoms with E-state index in [2.05, 4.69) is 10.1 Å². The van der Waals surface area contributed by atoms with E-state index in [4.69, 9.17) is 4.84 Å². The Bertz CT molecular complexity index is 1190. The van der Waals surface area contributed by atoms with Gasteiger partial charge in [-0.05, 0) is 25.0 Å². The van der Waals surface area contributed by atoms with Gasteiger partial charge in [-0.1, -0.05) is 5.16 Å². The molecular weight excluding hydrogens is 471 g/mol. The summed E-state index contributed by atoms with van der Waals surface area (Å²) < 4.78 is 92.3. The van der Waals surface area contributed by atoms with Crippen LogP contribution in [0, 0.1) is 24.4 Å². The molecule has 13 heteroatoms. The maximum Gasteiger partial charge on any atom is 0.350 e. The van der Waals surface area contributed by atoms with Crippen molar-refractivity contribution >= 4 is 15.9 Å². The van der Waals surface area contributed by atoms with Gasteiger partial charge in [-0.15, -0.1) is 0 Å². The van der Waals surface area contributed by atoms with Gasteiger partial charge in [-0.3, -0.25) is 4.98 Å². The monoisotopic (exact) mass is 490 g/mol. The number of hydrogen-bond acceptors (Lipinski definition) is 6. The fraction of sp³-hybridized carbons (Fsp3) is 0.400. The average molecular weight is 490 g/mol. The fourth-order valence-corrected chi connectivity index (χ4v) is 4.67. The van der Waals surface area contributed by atoms with Gasteiger partial charge in [0.2, 0.25) is 0 Å². The summed E-state index contributed by atoms with van der Waals surface area (Å²) in [6.45, 7) is 2.14. The van der Waals surface area contributed by atoms with Crippen molar-refractivity contribution in [3.63, 3.8) is 0 Å². The molecule has 2 atom stereocenters. The minimum Gasteiger partial charge on any atom is -0.384 e. The molecule has 1 saturated heterocycles. The van der Waals surface area contributed by atoms with Crippen LogP contribution in [-0.4, -0.2) is 49.0 Å². The van der Waals surface area contributed by atoms with Crippen molar-refractivity contribution < 1.29 is 35.2 Å². The number of sulfonamides is 1. The van der Waals surface area contributed by atoms with Gasteiger partial charge in [0.05, 0.1) is 17.7 Å². The van der Waals surface area contributed by atoms with Crippen LogP contribution >= 0.6 is 0 Å². The van der Waals surface area contributed by atoms with E-state index in [1.807, 2.05) is 4.72 Å². The van der Waals surface area contributed by atoms with Crippen LogP contribution in [0.1, 0.15) is 30.2 Å². The highest BCUT2D eigenvalue weighted by Crippen LogP contribution is 2.37. The molecule has 1 aromatic heterocycles. The normalized spacial score (nSPS) is 20.9. The first kappa shape index (κ1) is 23.4. The van der Waals surface area contributed by atoms with Gasteiger partial charge in [0.25, 0.3) is 10.0 Å². The smallest absolute Gasteiger partial charge is 0.350 e. The zero-order valence-corrected chi connectivity index (χ0v) is 18.1. The summed E-state index contributed by atoms with van der Waals surface area (Å²) in [5.41, 5.74) is 0.459. The van der Waals surface area contributed by atoms with E-state index >= 15 is 0 Å². The summed E-state index contributed by atoms with van der Waals surface area (Å²) in [6.07, 6.45) is 1.12. The minimum atomic E-state index is -4.72. The van der Waals surface area contributed by atoms with E-state index in [0.29, 0.717) is 30.1 Å². The molecule has 0 spiro atoms. The van der Waals surface area contributed by atoms with Gasteiger partial charge in [0.1, 0.15) is 23.3 Å². The van der Waals surface area contributed by atoms with Gasteiger partial charge in [-0.2, -0.15) is 8.78 Å². The highest BCUT2D eigenvalue weighted by atomic mass is 32.2. The molecule has 2 aliphatic heterocycles. The summed E-state index contributed by atoms with van der Waals surface area (Å²) in [5, 5.41) is 3.99. The Balaban J connectivity index is 1.53. The first-order valence-electron chi connectivity index (χ1n) is 9.93. The second-order valence-corrected chi connectivity index (χ2v) is 9.53. The summed E-state index contributed by atoms with van der Waals surface area (Å²) in [7, 11) is -4.72. The predicted octanol–water partition coefficient (Wildman–Crippen LogP) is 3.47. The standard InChI is InChI=1S/C20H19F5N4O3S/c1-10-4-13(18-14(22)5-11(21)6-15(18)23)19(26-8-10)16-7-17(27-32-16)29-3-2-12(9-29)28-33(30,31)20(24)25/h4-6,8,12,16,20,28H,2-3,7,9H2,1H3/t12-,16-/m0/s1. The second-order valence-electron chi connectivity index (χ2n) is 7.85. The van der Waals surface area contributed by atoms with Crippen LogP contribution in [0.4, 0.5) is 22.0 Å². The number of rotatable bonds is 5. The Morgan fingerprint density at radius 2 is 1.88 bits per heavy atom. The van der Waals surface area contributed by atoms with Crippen LogP contribution in [0.2, 0.25) is 0 Å². The molecule has 33 heavy (non-hydrogen) atoms.